The Balaban J connectivity index is 1.95. The number of carbonyl (C=O) groups excluding carboxylic acids is 2. The Morgan fingerprint density at radius 2 is 2.50 bits per heavy atom. The Morgan fingerprint density at radius 3 is 3.22 bits per heavy atom. The summed E-state index contributed by atoms with van der Waals surface area (Å²) >= 11 is 0. The number of piperidine rings is 1. The predicted octanol–water partition coefficient (Wildman–Crippen LogP) is -1.75. The number of rotatable bonds is 4. The Labute approximate surface area is 104 Å². The largest absolute Gasteiger partial charge is 0.354 e. The molecule has 2 rings (SSSR count). The second-order valence-electron chi connectivity index (χ2n) is 4.11. The molecule has 98 valence electrons. The zero-order valence-electron chi connectivity index (χ0n) is 9.93. The van der Waals surface area contributed by atoms with Crippen molar-refractivity contribution >= 4 is 11.8 Å². The van der Waals surface area contributed by atoms with Gasteiger partial charge in [0.15, 0.2) is 5.69 Å². The lowest BCUT2D eigenvalue weighted by Crippen LogP contribution is -2.50. The molecule has 0 spiro atoms. The summed E-state index contributed by atoms with van der Waals surface area (Å²) < 4.78 is 1.50. The number of hydrogen-bond acceptors (Lipinski definition) is 5. The lowest BCUT2D eigenvalue weighted by Gasteiger charge is -2.22. The van der Waals surface area contributed by atoms with Gasteiger partial charge in [0.25, 0.3) is 5.91 Å². The highest BCUT2D eigenvalue weighted by atomic mass is 16.2. The summed E-state index contributed by atoms with van der Waals surface area (Å²) in [6.07, 6.45) is 3.02. The Morgan fingerprint density at radius 1 is 1.67 bits per heavy atom. The molecule has 1 unspecified atom stereocenters. The van der Waals surface area contributed by atoms with Gasteiger partial charge >= 0.3 is 0 Å². The molecule has 0 aliphatic carbocycles. The van der Waals surface area contributed by atoms with Gasteiger partial charge < -0.3 is 16.4 Å². The van der Waals surface area contributed by atoms with Gasteiger partial charge in [0.2, 0.25) is 5.91 Å². The van der Waals surface area contributed by atoms with Crippen molar-refractivity contribution in [2.45, 2.75) is 25.4 Å². The average molecular weight is 252 g/mol. The van der Waals surface area contributed by atoms with Crippen LogP contribution in [0.15, 0.2) is 6.20 Å². The van der Waals surface area contributed by atoms with Crippen LogP contribution in [-0.4, -0.2) is 45.9 Å². The fraction of sp³-hybridized carbons (Fsp3) is 0.600. The number of aromatic nitrogens is 3. The van der Waals surface area contributed by atoms with Gasteiger partial charge in [0, 0.05) is 13.1 Å². The van der Waals surface area contributed by atoms with E-state index in [0.29, 0.717) is 26.1 Å². The monoisotopic (exact) mass is 252 g/mol. The van der Waals surface area contributed by atoms with Gasteiger partial charge in [-0.1, -0.05) is 5.21 Å². The molecule has 4 N–H and O–H groups in total. The molecule has 2 amide bonds. The van der Waals surface area contributed by atoms with Crippen molar-refractivity contribution in [2.75, 3.05) is 13.1 Å². The minimum atomic E-state index is -0.481. The van der Waals surface area contributed by atoms with Crippen molar-refractivity contribution < 1.29 is 9.59 Å². The van der Waals surface area contributed by atoms with Gasteiger partial charge in [-0.2, -0.15) is 0 Å². The lowest BCUT2D eigenvalue weighted by atomic mass is 10.1. The van der Waals surface area contributed by atoms with Crippen molar-refractivity contribution in [2.24, 2.45) is 5.73 Å². The molecule has 2 heterocycles. The van der Waals surface area contributed by atoms with E-state index in [1.54, 1.807) is 0 Å². The van der Waals surface area contributed by atoms with E-state index in [9.17, 15) is 9.59 Å². The smallest absolute Gasteiger partial charge is 0.274 e. The minimum absolute atomic E-state index is 0.149. The zero-order chi connectivity index (χ0) is 13.0. The number of hydrogen-bond donors (Lipinski definition) is 3. The van der Waals surface area contributed by atoms with Crippen LogP contribution >= 0.6 is 0 Å². The van der Waals surface area contributed by atoms with E-state index in [2.05, 4.69) is 20.9 Å². The van der Waals surface area contributed by atoms with E-state index in [1.807, 2.05) is 0 Å². The highest BCUT2D eigenvalue weighted by Crippen LogP contribution is 2.04. The van der Waals surface area contributed by atoms with Crippen LogP contribution in [-0.2, 0) is 11.3 Å². The van der Waals surface area contributed by atoms with Gasteiger partial charge in [0.05, 0.1) is 12.7 Å². The third-order valence-corrected chi connectivity index (χ3v) is 2.72. The van der Waals surface area contributed by atoms with Crippen LogP contribution < -0.4 is 16.4 Å². The molecule has 18 heavy (non-hydrogen) atoms. The van der Waals surface area contributed by atoms with Crippen LogP contribution in [0.1, 0.15) is 23.3 Å². The average Bonchev–Trinajstić information content (AvgIpc) is 2.81. The van der Waals surface area contributed by atoms with Gasteiger partial charge in [0.1, 0.15) is 6.04 Å². The third-order valence-electron chi connectivity index (χ3n) is 2.72. The van der Waals surface area contributed by atoms with Crippen LogP contribution in [0.25, 0.3) is 0 Å². The number of amides is 2. The van der Waals surface area contributed by atoms with E-state index in [1.165, 1.54) is 10.9 Å². The number of nitrogens with zero attached hydrogens (tertiary/aromatic N) is 3. The fourth-order valence-corrected chi connectivity index (χ4v) is 1.79. The maximum Gasteiger partial charge on any atom is 0.274 e. The molecule has 1 aliphatic heterocycles. The van der Waals surface area contributed by atoms with Crippen LogP contribution in [0.5, 0.6) is 0 Å². The molecule has 1 saturated heterocycles. The van der Waals surface area contributed by atoms with E-state index in [0.717, 1.165) is 6.42 Å². The Hall–Kier alpha value is -1.96. The summed E-state index contributed by atoms with van der Waals surface area (Å²) in [6, 6.07) is -0.481. The maximum absolute atomic E-state index is 11.8. The van der Waals surface area contributed by atoms with E-state index < -0.39 is 6.04 Å². The van der Waals surface area contributed by atoms with Crippen LogP contribution in [0.3, 0.4) is 0 Å². The molecule has 1 atom stereocenters. The van der Waals surface area contributed by atoms with E-state index in [-0.39, 0.29) is 17.5 Å². The standard InChI is InChI=1S/C10H16N6O2/c11-3-5-16-6-8(14-15-16)10(18)13-7-2-1-4-12-9(7)17/h6-7H,1-5,11H2,(H,12,17)(H,13,18). The summed E-state index contributed by atoms with van der Waals surface area (Å²) in [4.78, 5) is 23.3. The molecular formula is C10H16N6O2. The summed E-state index contributed by atoms with van der Waals surface area (Å²) in [5.74, 6) is -0.538. The van der Waals surface area contributed by atoms with Gasteiger partial charge in [-0.15, -0.1) is 5.10 Å². The molecule has 1 fully saturated rings. The van der Waals surface area contributed by atoms with Crippen molar-refractivity contribution in [3.05, 3.63) is 11.9 Å². The van der Waals surface area contributed by atoms with Gasteiger partial charge in [-0.05, 0) is 12.8 Å². The first-order chi connectivity index (χ1) is 8.70. The first-order valence-electron chi connectivity index (χ1n) is 5.89. The van der Waals surface area contributed by atoms with Crippen molar-refractivity contribution in [3.8, 4) is 0 Å². The number of nitrogens with two attached hydrogens (primary N) is 1. The molecule has 8 heteroatoms. The number of carbonyl (C=O) groups is 2. The number of nitrogens with one attached hydrogen (secondary N) is 2. The van der Waals surface area contributed by atoms with E-state index >= 15 is 0 Å². The zero-order valence-corrected chi connectivity index (χ0v) is 9.93. The SMILES string of the molecule is NCCn1cc(C(=O)NC2CCCNC2=O)nn1. The third kappa shape index (κ3) is 2.83. The molecule has 0 bridgehead atoms. The molecule has 0 radical (unpaired) electrons. The topological polar surface area (TPSA) is 115 Å². The molecule has 0 saturated carbocycles. The minimum Gasteiger partial charge on any atom is -0.354 e. The molecule has 1 aromatic heterocycles. The van der Waals surface area contributed by atoms with Crippen molar-refractivity contribution in [3.63, 3.8) is 0 Å². The molecule has 8 nitrogen and oxygen atoms in total. The van der Waals surface area contributed by atoms with Gasteiger partial charge in [-0.3, -0.25) is 14.3 Å². The van der Waals surface area contributed by atoms with Crippen molar-refractivity contribution in [1.82, 2.24) is 25.6 Å². The maximum atomic E-state index is 11.8. The summed E-state index contributed by atoms with van der Waals surface area (Å²) in [6.45, 7) is 1.59. The quantitative estimate of drug-likeness (QED) is 0.587. The summed E-state index contributed by atoms with van der Waals surface area (Å²) in [7, 11) is 0. The summed E-state index contributed by atoms with van der Waals surface area (Å²) in [5.41, 5.74) is 5.57. The normalized spacial score (nSPS) is 19.4. The highest BCUT2D eigenvalue weighted by Gasteiger charge is 2.24. The first-order valence-corrected chi connectivity index (χ1v) is 5.89. The molecule has 0 aromatic carbocycles. The summed E-state index contributed by atoms with van der Waals surface area (Å²) in [5, 5.41) is 12.8. The van der Waals surface area contributed by atoms with Crippen LogP contribution in [0, 0.1) is 0 Å². The lowest BCUT2D eigenvalue weighted by molar-refractivity contribution is -0.124. The fourth-order valence-electron chi connectivity index (χ4n) is 1.79. The molecule has 1 aliphatic rings. The highest BCUT2D eigenvalue weighted by molar-refractivity contribution is 5.95. The first kappa shape index (κ1) is 12.5. The molecular weight excluding hydrogens is 236 g/mol. The van der Waals surface area contributed by atoms with E-state index in [4.69, 9.17) is 5.73 Å². The Kier molecular flexibility index (Phi) is 3.88. The van der Waals surface area contributed by atoms with Gasteiger partial charge in [-0.25, -0.2) is 0 Å². The Bertz CT molecular complexity index is 443. The molecule has 1 aromatic rings. The van der Waals surface area contributed by atoms with Crippen molar-refractivity contribution in [1.29, 1.82) is 0 Å². The predicted molar refractivity (Wildman–Crippen MR) is 62.6 cm³/mol. The van der Waals surface area contributed by atoms with Crippen LogP contribution in [0.4, 0.5) is 0 Å². The second-order valence-corrected chi connectivity index (χ2v) is 4.11. The van der Waals surface area contributed by atoms with Crippen LogP contribution in [0.2, 0.25) is 0 Å². The second kappa shape index (κ2) is 5.58.